The molecule has 0 bridgehead atoms. The highest BCUT2D eigenvalue weighted by Crippen LogP contribution is 2.26. The highest BCUT2D eigenvalue weighted by Gasteiger charge is 2.11. The zero-order valence-electron chi connectivity index (χ0n) is 12.2. The summed E-state index contributed by atoms with van der Waals surface area (Å²) < 4.78 is 3.21. The third kappa shape index (κ3) is 2.79. The summed E-state index contributed by atoms with van der Waals surface area (Å²) in [4.78, 5) is 17.8. The fourth-order valence-electron chi connectivity index (χ4n) is 2.48. The molecule has 0 saturated carbocycles. The molecule has 4 rings (SSSR count). The SMILES string of the molecule is O=c1/c(=C\c2cccc(Br)c2)sc2nc(-c3ccccc3Cl)cn12. The van der Waals surface area contributed by atoms with Crippen molar-refractivity contribution in [3.05, 3.63) is 84.7 Å². The Bertz CT molecular complexity index is 1170. The van der Waals surface area contributed by atoms with Gasteiger partial charge in [0.15, 0.2) is 4.96 Å². The van der Waals surface area contributed by atoms with Crippen LogP contribution in [0.3, 0.4) is 0 Å². The van der Waals surface area contributed by atoms with E-state index in [0.29, 0.717) is 20.2 Å². The van der Waals surface area contributed by atoms with Crippen molar-refractivity contribution in [3.8, 4) is 11.3 Å². The van der Waals surface area contributed by atoms with Gasteiger partial charge in [0.2, 0.25) is 0 Å². The van der Waals surface area contributed by atoms with E-state index in [4.69, 9.17) is 11.6 Å². The number of nitrogens with zero attached hydrogens (tertiary/aromatic N) is 2. The lowest BCUT2D eigenvalue weighted by molar-refractivity contribution is 1.15. The van der Waals surface area contributed by atoms with Crippen molar-refractivity contribution in [1.82, 2.24) is 9.38 Å². The molecule has 0 fully saturated rings. The molecule has 0 atom stereocenters. The van der Waals surface area contributed by atoms with E-state index in [0.717, 1.165) is 15.6 Å². The van der Waals surface area contributed by atoms with Crippen LogP contribution in [0.25, 0.3) is 22.3 Å². The standard InChI is InChI=1S/C18H10BrClN2OS/c19-12-5-3-4-11(8-12)9-16-17(23)22-10-15(21-18(22)24-16)13-6-1-2-7-14(13)20/h1-10H/b16-9+. The zero-order chi connectivity index (χ0) is 16.7. The third-order valence-corrected chi connectivity index (χ3v) is 5.41. The Balaban J connectivity index is 1.85. The molecular formula is C18H10BrClN2OS. The van der Waals surface area contributed by atoms with Gasteiger partial charge in [0, 0.05) is 16.2 Å². The molecule has 0 aliphatic rings. The fourth-order valence-corrected chi connectivity index (χ4v) is 4.08. The molecule has 0 amide bonds. The highest BCUT2D eigenvalue weighted by molar-refractivity contribution is 9.10. The summed E-state index contributed by atoms with van der Waals surface area (Å²) in [6.07, 6.45) is 3.62. The predicted octanol–water partition coefficient (Wildman–Crippen LogP) is 4.39. The molecule has 0 aliphatic heterocycles. The van der Waals surface area contributed by atoms with E-state index in [-0.39, 0.29) is 5.56 Å². The van der Waals surface area contributed by atoms with Crippen LogP contribution in [0, 0.1) is 0 Å². The first-order chi connectivity index (χ1) is 11.6. The van der Waals surface area contributed by atoms with Gasteiger partial charge in [-0.25, -0.2) is 4.98 Å². The van der Waals surface area contributed by atoms with Crippen LogP contribution in [-0.2, 0) is 0 Å². The first kappa shape index (κ1) is 15.6. The molecule has 2 aromatic heterocycles. The Labute approximate surface area is 155 Å². The van der Waals surface area contributed by atoms with Gasteiger partial charge in [0.25, 0.3) is 5.56 Å². The number of hydrogen-bond donors (Lipinski definition) is 0. The van der Waals surface area contributed by atoms with Crippen molar-refractivity contribution in [2.45, 2.75) is 0 Å². The van der Waals surface area contributed by atoms with Gasteiger partial charge in [-0.3, -0.25) is 9.20 Å². The lowest BCUT2D eigenvalue weighted by Gasteiger charge is -1.98. The number of aromatic nitrogens is 2. The normalized spacial score (nSPS) is 12.2. The fraction of sp³-hybridized carbons (Fsp3) is 0. The van der Waals surface area contributed by atoms with Crippen molar-refractivity contribution in [3.63, 3.8) is 0 Å². The van der Waals surface area contributed by atoms with Crippen LogP contribution in [0.2, 0.25) is 5.02 Å². The number of rotatable bonds is 2. The van der Waals surface area contributed by atoms with Crippen LogP contribution < -0.4 is 10.1 Å². The predicted molar refractivity (Wildman–Crippen MR) is 103 cm³/mol. The molecule has 0 N–H and O–H groups in total. The molecule has 0 unspecified atom stereocenters. The lowest BCUT2D eigenvalue weighted by Crippen LogP contribution is -2.22. The zero-order valence-corrected chi connectivity index (χ0v) is 15.4. The first-order valence-corrected chi connectivity index (χ1v) is 9.15. The summed E-state index contributed by atoms with van der Waals surface area (Å²) >= 11 is 11.0. The average Bonchev–Trinajstić information content (AvgIpc) is 3.08. The van der Waals surface area contributed by atoms with Crippen molar-refractivity contribution >= 4 is 49.9 Å². The molecule has 2 aromatic carbocycles. The molecule has 3 nitrogen and oxygen atoms in total. The van der Waals surface area contributed by atoms with E-state index in [1.807, 2.05) is 54.6 Å². The van der Waals surface area contributed by atoms with Gasteiger partial charge in [-0.15, -0.1) is 0 Å². The van der Waals surface area contributed by atoms with Gasteiger partial charge in [0.05, 0.1) is 15.2 Å². The third-order valence-electron chi connectivity index (χ3n) is 3.60. The van der Waals surface area contributed by atoms with Crippen LogP contribution in [0.4, 0.5) is 0 Å². The Kier molecular flexibility index (Phi) is 4.00. The first-order valence-electron chi connectivity index (χ1n) is 7.16. The second kappa shape index (κ2) is 6.16. The van der Waals surface area contributed by atoms with Crippen LogP contribution in [0.5, 0.6) is 0 Å². The van der Waals surface area contributed by atoms with Crippen LogP contribution in [0.15, 0.2) is 64.0 Å². The number of thiazole rings is 1. The maximum Gasteiger partial charge on any atom is 0.274 e. The van der Waals surface area contributed by atoms with E-state index in [1.54, 1.807) is 10.6 Å². The molecule has 118 valence electrons. The van der Waals surface area contributed by atoms with Gasteiger partial charge in [-0.05, 0) is 29.8 Å². The van der Waals surface area contributed by atoms with E-state index in [9.17, 15) is 4.79 Å². The van der Waals surface area contributed by atoms with Gasteiger partial charge >= 0.3 is 0 Å². The molecular weight excluding hydrogens is 408 g/mol. The second-order valence-corrected chi connectivity index (χ2v) is 7.56. The summed E-state index contributed by atoms with van der Waals surface area (Å²) in [6.45, 7) is 0. The van der Waals surface area contributed by atoms with Gasteiger partial charge in [0.1, 0.15) is 0 Å². The summed E-state index contributed by atoms with van der Waals surface area (Å²) in [5.41, 5.74) is 2.43. The largest absolute Gasteiger partial charge is 0.274 e. The number of fused-ring (bicyclic) bond motifs is 1. The Morgan fingerprint density at radius 1 is 1.17 bits per heavy atom. The summed E-state index contributed by atoms with van der Waals surface area (Å²) in [5.74, 6) is 0. The minimum absolute atomic E-state index is 0.0687. The van der Waals surface area contributed by atoms with Crippen molar-refractivity contribution in [1.29, 1.82) is 0 Å². The lowest BCUT2D eigenvalue weighted by atomic mass is 10.2. The molecule has 0 saturated heterocycles. The summed E-state index contributed by atoms with van der Waals surface area (Å²) in [6, 6.07) is 15.3. The minimum atomic E-state index is -0.0687. The van der Waals surface area contributed by atoms with Crippen molar-refractivity contribution in [2.75, 3.05) is 0 Å². The number of imidazole rings is 1. The molecule has 0 aliphatic carbocycles. The molecule has 24 heavy (non-hydrogen) atoms. The maximum absolute atomic E-state index is 12.6. The van der Waals surface area contributed by atoms with Gasteiger partial charge < -0.3 is 0 Å². The van der Waals surface area contributed by atoms with E-state index >= 15 is 0 Å². The quantitative estimate of drug-likeness (QED) is 0.485. The number of halogens is 2. The van der Waals surface area contributed by atoms with Gasteiger partial charge in [-0.2, -0.15) is 0 Å². The molecule has 4 aromatic rings. The average molecular weight is 418 g/mol. The highest BCUT2D eigenvalue weighted by atomic mass is 79.9. The number of benzene rings is 2. The Hall–Kier alpha value is -1.95. The topological polar surface area (TPSA) is 34.4 Å². The monoisotopic (exact) mass is 416 g/mol. The molecule has 6 heteroatoms. The second-order valence-electron chi connectivity index (χ2n) is 5.23. The molecule has 0 spiro atoms. The van der Waals surface area contributed by atoms with E-state index in [2.05, 4.69) is 20.9 Å². The van der Waals surface area contributed by atoms with Crippen LogP contribution in [-0.4, -0.2) is 9.38 Å². The summed E-state index contributed by atoms with van der Waals surface area (Å²) in [7, 11) is 0. The number of hydrogen-bond acceptors (Lipinski definition) is 3. The Morgan fingerprint density at radius 3 is 2.75 bits per heavy atom. The van der Waals surface area contributed by atoms with Crippen molar-refractivity contribution in [2.24, 2.45) is 0 Å². The Morgan fingerprint density at radius 2 is 2.00 bits per heavy atom. The van der Waals surface area contributed by atoms with Crippen LogP contribution >= 0.6 is 38.9 Å². The van der Waals surface area contributed by atoms with Crippen molar-refractivity contribution < 1.29 is 0 Å². The molecule has 2 heterocycles. The van der Waals surface area contributed by atoms with E-state index < -0.39 is 0 Å². The maximum atomic E-state index is 12.6. The van der Waals surface area contributed by atoms with Crippen LogP contribution in [0.1, 0.15) is 5.56 Å². The molecule has 0 radical (unpaired) electrons. The van der Waals surface area contributed by atoms with Gasteiger partial charge in [-0.1, -0.05) is 69.2 Å². The summed E-state index contributed by atoms with van der Waals surface area (Å²) in [5, 5.41) is 0.622. The smallest absolute Gasteiger partial charge is 0.267 e. The minimum Gasteiger partial charge on any atom is -0.267 e. The van der Waals surface area contributed by atoms with E-state index in [1.165, 1.54) is 11.3 Å².